The molecule has 4 heterocycles. The molecule has 0 aromatic heterocycles. The van der Waals surface area contributed by atoms with Gasteiger partial charge in [-0.2, -0.15) is 0 Å². The maximum Gasteiger partial charge on any atom is 0.264 e. The lowest BCUT2D eigenvalue weighted by atomic mass is 9.91. The minimum Gasteiger partial charge on any atom is -0.391 e. The Labute approximate surface area is 182 Å². The molecule has 9 heteroatoms. The number of rotatable bonds is 4. The molecule has 2 spiro atoms. The van der Waals surface area contributed by atoms with Crippen LogP contribution in [0.25, 0.3) is 0 Å². The Hall–Kier alpha value is -2.23. The topological polar surface area (TPSA) is 114 Å². The Morgan fingerprint density at radius 1 is 1.00 bits per heavy atom. The molecule has 0 bridgehead atoms. The van der Waals surface area contributed by atoms with Gasteiger partial charge in [0.15, 0.2) is 0 Å². The fraction of sp³-hybridized carbons (Fsp3) is 0.682. The van der Waals surface area contributed by atoms with Gasteiger partial charge in [0, 0.05) is 6.54 Å². The number of amides is 3. The van der Waals surface area contributed by atoms with Crippen LogP contribution in [0.3, 0.4) is 0 Å². The molecule has 4 aliphatic rings. The predicted molar refractivity (Wildman–Crippen MR) is 114 cm³/mol. The lowest BCUT2D eigenvalue weighted by Gasteiger charge is -2.38. The molecule has 170 valence electrons. The van der Waals surface area contributed by atoms with Crippen LogP contribution in [0.1, 0.15) is 45.4 Å². The van der Waals surface area contributed by atoms with Crippen LogP contribution in [0.5, 0.6) is 0 Å². The Morgan fingerprint density at radius 2 is 1.58 bits per heavy atom. The molecule has 2 saturated heterocycles. The minimum atomic E-state index is -1.10. The van der Waals surface area contributed by atoms with E-state index in [1.54, 1.807) is 0 Å². The van der Waals surface area contributed by atoms with Gasteiger partial charge in [-0.1, -0.05) is 24.3 Å². The zero-order valence-corrected chi connectivity index (χ0v) is 18.1. The second-order valence-corrected chi connectivity index (χ2v) is 9.11. The van der Waals surface area contributed by atoms with Gasteiger partial charge < -0.3 is 20.6 Å². The van der Waals surface area contributed by atoms with Gasteiger partial charge in [-0.15, -0.1) is 0 Å². The molecular formula is C22H33N5O4. The van der Waals surface area contributed by atoms with E-state index in [2.05, 4.69) is 16.1 Å². The van der Waals surface area contributed by atoms with Crippen molar-refractivity contribution >= 4 is 17.7 Å². The number of aliphatic hydroxyl groups excluding tert-OH is 1. The SMILES string of the molecule is C[C@@H](O)C(C(=O)NN1CC=CC[C@]2(CCCN2)C1=O)N1CC=CCC2(CCCN2)C1=O. The fourth-order valence-corrected chi connectivity index (χ4v) is 5.29. The summed E-state index contributed by atoms with van der Waals surface area (Å²) in [6, 6.07) is -1.10. The van der Waals surface area contributed by atoms with Crippen molar-refractivity contribution in [2.45, 2.75) is 68.7 Å². The van der Waals surface area contributed by atoms with Crippen molar-refractivity contribution in [3.05, 3.63) is 24.3 Å². The van der Waals surface area contributed by atoms with Gasteiger partial charge in [-0.3, -0.25) is 19.8 Å². The molecule has 0 radical (unpaired) electrons. The van der Waals surface area contributed by atoms with Crippen molar-refractivity contribution in [1.82, 2.24) is 26.0 Å². The standard InChI is InChI=1S/C22H33N5O4/c1-16(28)17(26-14-4-2-8-21(19(26)30)10-6-12-23-21)18(29)25-27-15-5-3-9-22(20(27)31)11-7-13-24-22/h2-5,16-17,23-24,28H,6-15H2,1H3,(H,25,29)/t16-,17?,21?,22+/m1/s1. The Bertz CT molecular complexity index is 781. The molecule has 4 N–H and O–H groups in total. The maximum atomic E-state index is 13.5. The van der Waals surface area contributed by atoms with E-state index in [0.29, 0.717) is 25.7 Å². The quantitative estimate of drug-likeness (QED) is 0.450. The van der Waals surface area contributed by atoms with Gasteiger partial charge in [0.2, 0.25) is 5.91 Å². The summed E-state index contributed by atoms with van der Waals surface area (Å²) < 4.78 is 0. The highest BCUT2D eigenvalue weighted by atomic mass is 16.3. The van der Waals surface area contributed by atoms with Crippen LogP contribution in [0.2, 0.25) is 0 Å². The summed E-state index contributed by atoms with van der Waals surface area (Å²) in [5.74, 6) is -0.903. The number of carbonyl (C=O) groups excluding carboxylic acids is 3. The second-order valence-electron chi connectivity index (χ2n) is 9.11. The summed E-state index contributed by atoms with van der Waals surface area (Å²) in [4.78, 5) is 41.5. The normalized spacial score (nSPS) is 33.1. The van der Waals surface area contributed by atoms with E-state index in [-0.39, 0.29) is 24.9 Å². The molecule has 0 aromatic carbocycles. The highest BCUT2D eigenvalue weighted by Crippen LogP contribution is 2.30. The van der Waals surface area contributed by atoms with E-state index in [1.807, 2.05) is 24.3 Å². The van der Waals surface area contributed by atoms with E-state index in [9.17, 15) is 19.5 Å². The summed E-state index contributed by atoms with van der Waals surface area (Å²) in [5.41, 5.74) is 1.30. The molecule has 4 rings (SSSR count). The van der Waals surface area contributed by atoms with E-state index < -0.39 is 29.1 Å². The highest BCUT2D eigenvalue weighted by Gasteiger charge is 2.48. The molecule has 2 unspecified atom stereocenters. The summed E-state index contributed by atoms with van der Waals surface area (Å²) in [7, 11) is 0. The van der Waals surface area contributed by atoms with Crippen LogP contribution in [-0.2, 0) is 14.4 Å². The third kappa shape index (κ3) is 4.02. The van der Waals surface area contributed by atoms with E-state index in [0.717, 1.165) is 25.9 Å². The number of hydrazine groups is 1. The van der Waals surface area contributed by atoms with Crippen molar-refractivity contribution in [1.29, 1.82) is 0 Å². The van der Waals surface area contributed by atoms with Gasteiger partial charge in [-0.25, -0.2) is 5.01 Å². The highest BCUT2D eigenvalue weighted by molar-refractivity contribution is 5.95. The van der Waals surface area contributed by atoms with Crippen molar-refractivity contribution in [3.63, 3.8) is 0 Å². The molecule has 3 amide bonds. The number of carbonyl (C=O) groups is 3. The van der Waals surface area contributed by atoms with E-state index >= 15 is 0 Å². The van der Waals surface area contributed by atoms with Crippen molar-refractivity contribution in [3.8, 4) is 0 Å². The van der Waals surface area contributed by atoms with Crippen molar-refractivity contribution in [2.24, 2.45) is 0 Å². The first-order chi connectivity index (χ1) is 14.9. The molecule has 4 atom stereocenters. The zero-order valence-electron chi connectivity index (χ0n) is 18.1. The van der Waals surface area contributed by atoms with Gasteiger partial charge >= 0.3 is 0 Å². The van der Waals surface area contributed by atoms with Crippen LogP contribution in [0.15, 0.2) is 24.3 Å². The van der Waals surface area contributed by atoms with Gasteiger partial charge in [-0.05, 0) is 58.5 Å². The fourth-order valence-electron chi connectivity index (χ4n) is 5.29. The van der Waals surface area contributed by atoms with E-state index in [4.69, 9.17) is 0 Å². The summed E-state index contributed by atoms with van der Waals surface area (Å²) >= 11 is 0. The van der Waals surface area contributed by atoms with Gasteiger partial charge in [0.25, 0.3) is 11.8 Å². The van der Waals surface area contributed by atoms with Gasteiger partial charge in [0.05, 0.1) is 12.6 Å². The van der Waals surface area contributed by atoms with Crippen LogP contribution in [0.4, 0.5) is 0 Å². The van der Waals surface area contributed by atoms with Crippen LogP contribution in [0, 0.1) is 0 Å². The monoisotopic (exact) mass is 431 g/mol. The molecular weight excluding hydrogens is 398 g/mol. The zero-order chi connectivity index (χ0) is 22.1. The third-order valence-corrected chi connectivity index (χ3v) is 6.97. The summed E-state index contributed by atoms with van der Waals surface area (Å²) in [6.45, 7) is 3.51. The molecule has 9 nitrogen and oxygen atoms in total. The van der Waals surface area contributed by atoms with Crippen molar-refractivity contribution < 1.29 is 19.5 Å². The van der Waals surface area contributed by atoms with Crippen LogP contribution >= 0.6 is 0 Å². The molecule has 31 heavy (non-hydrogen) atoms. The number of nitrogens with one attached hydrogen (secondary N) is 3. The molecule has 0 aromatic rings. The smallest absolute Gasteiger partial charge is 0.264 e. The summed E-state index contributed by atoms with van der Waals surface area (Å²) in [6.07, 6.45) is 10.9. The molecule has 2 fully saturated rings. The number of hydrogen-bond donors (Lipinski definition) is 4. The number of hydrogen-bond acceptors (Lipinski definition) is 6. The first-order valence-corrected chi connectivity index (χ1v) is 11.3. The minimum absolute atomic E-state index is 0.174. The van der Waals surface area contributed by atoms with Crippen LogP contribution < -0.4 is 16.1 Å². The van der Waals surface area contributed by atoms with E-state index in [1.165, 1.54) is 16.8 Å². The van der Waals surface area contributed by atoms with Crippen LogP contribution in [-0.4, -0.2) is 82.1 Å². The molecule has 0 saturated carbocycles. The molecule has 0 aliphatic carbocycles. The molecule has 4 aliphatic heterocycles. The summed E-state index contributed by atoms with van der Waals surface area (Å²) in [5, 5.41) is 18.4. The number of nitrogens with zero attached hydrogens (tertiary/aromatic N) is 2. The second kappa shape index (κ2) is 8.72. The third-order valence-electron chi connectivity index (χ3n) is 6.97. The van der Waals surface area contributed by atoms with Crippen molar-refractivity contribution in [2.75, 3.05) is 26.2 Å². The lowest BCUT2D eigenvalue weighted by Crippen LogP contribution is -2.65. The first-order valence-electron chi connectivity index (χ1n) is 11.3. The Morgan fingerprint density at radius 3 is 2.13 bits per heavy atom. The number of aliphatic hydroxyl groups is 1. The predicted octanol–water partition coefficient (Wildman–Crippen LogP) is -0.412. The maximum absolute atomic E-state index is 13.5. The average Bonchev–Trinajstić information content (AvgIpc) is 3.35. The Balaban J connectivity index is 1.54. The van der Waals surface area contributed by atoms with Gasteiger partial charge in [0.1, 0.15) is 17.1 Å². The average molecular weight is 432 g/mol. The largest absolute Gasteiger partial charge is 0.391 e. The lowest BCUT2D eigenvalue weighted by molar-refractivity contribution is -0.154. The first kappa shape index (κ1) is 22.0. The Kier molecular flexibility index (Phi) is 6.18.